The number of anilines is 1. The highest BCUT2D eigenvalue weighted by atomic mass is 35.5. The van der Waals surface area contributed by atoms with Crippen molar-refractivity contribution >= 4 is 17.3 Å². The zero-order chi connectivity index (χ0) is 12.3. The van der Waals surface area contributed by atoms with Crippen molar-refractivity contribution in [3.63, 3.8) is 0 Å². The molecule has 0 spiro atoms. The molecule has 0 aliphatic rings. The molecule has 0 unspecified atom stereocenters. The molecule has 0 saturated carbocycles. The Kier molecular flexibility index (Phi) is 3.35. The largest absolute Gasteiger partial charge is 0.494 e. The summed E-state index contributed by atoms with van der Waals surface area (Å²) < 4.78 is 10.7. The Morgan fingerprint density at radius 3 is 2.71 bits per heavy atom. The molecule has 0 bridgehead atoms. The molecule has 0 radical (unpaired) electrons. The van der Waals surface area contributed by atoms with Gasteiger partial charge in [0.25, 0.3) is 0 Å². The van der Waals surface area contributed by atoms with E-state index in [9.17, 15) is 0 Å². The highest BCUT2D eigenvalue weighted by Crippen LogP contribution is 2.34. The molecule has 0 saturated heterocycles. The maximum absolute atomic E-state index is 5.88. The third kappa shape index (κ3) is 2.60. The lowest BCUT2D eigenvalue weighted by atomic mass is 10.2. The average molecular weight is 251 g/mol. The third-order valence-corrected chi connectivity index (χ3v) is 2.36. The Labute approximate surface area is 104 Å². The quantitative estimate of drug-likeness (QED) is 0.851. The smallest absolute Gasteiger partial charge is 0.154 e. The van der Waals surface area contributed by atoms with Gasteiger partial charge in [-0.1, -0.05) is 17.7 Å². The van der Waals surface area contributed by atoms with E-state index < -0.39 is 0 Å². The van der Waals surface area contributed by atoms with Gasteiger partial charge >= 0.3 is 0 Å². The first kappa shape index (κ1) is 11.5. The lowest BCUT2D eigenvalue weighted by molar-refractivity contribution is 0.412. The summed E-state index contributed by atoms with van der Waals surface area (Å²) in [4.78, 5) is 3.92. The molecule has 0 aliphatic heterocycles. The highest BCUT2D eigenvalue weighted by Gasteiger charge is 2.07. The molecular weight excluding hydrogens is 240 g/mol. The molecule has 1 aromatic heterocycles. The minimum atomic E-state index is 0.440. The van der Waals surface area contributed by atoms with E-state index in [4.69, 9.17) is 26.8 Å². The SMILES string of the molecule is COc1cccc(Oc2cncc(Cl)c2)c1N. The van der Waals surface area contributed by atoms with Gasteiger partial charge in [-0.2, -0.15) is 0 Å². The van der Waals surface area contributed by atoms with Crippen molar-refractivity contribution < 1.29 is 9.47 Å². The number of methoxy groups -OCH3 is 1. The summed E-state index contributed by atoms with van der Waals surface area (Å²) >= 11 is 5.81. The summed E-state index contributed by atoms with van der Waals surface area (Å²) in [7, 11) is 1.55. The van der Waals surface area contributed by atoms with Gasteiger partial charge in [-0.3, -0.25) is 4.98 Å². The van der Waals surface area contributed by atoms with Crippen molar-refractivity contribution in [1.82, 2.24) is 4.98 Å². The Morgan fingerprint density at radius 1 is 1.24 bits per heavy atom. The fourth-order valence-corrected chi connectivity index (χ4v) is 1.53. The van der Waals surface area contributed by atoms with Crippen molar-refractivity contribution in [2.24, 2.45) is 0 Å². The second kappa shape index (κ2) is 4.93. The van der Waals surface area contributed by atoms with Gasteiger partial charge < -0.3 is 15.2 Å². The number of benzene rings is 1. The number of nitrogen functional groups attached to an aromatic ring is 1. The normalized spacial score (nSPS) is 10.0. The molecule has 1 aromatic carbocycles. The Bertz CT molecular complexity index is 532. The number of hydrogen-bond acceptors (Lipinski definition) is 4. The van der Waals surface area contributed by atoms with Crippen molar-refractivity contribution in [1.29, 1.82) is 0 Å². The van der Waals surface area contributed by atoms with Gasteiger partial charge in [-0.25, -0.2) is 0 Å². The van der Waals surface area contributed by atoms with Crippen LogP contribution in [-0.4, -0.2) is 12.1 Å². The van der Waals surface area contributed by atoms with Gasteiger partial charge in [-0.15, -0.1) is 0 Å². The van der Waals surface area contributed by atoms with Crippen molar-refractivity contribution in [3.05, 3.63) is 41.7 Å². The molecular formula is C12H11ClN2O2. The summed E-state index contributed by atoms with van der Waals surface area (Å²) in [6.07, 6.45) is 3.09. The molecule has 88 valence electrons. The third-order valence-electron chi connectivity index (χ3n) is 2.15. The van der Waals surface area contributed by atoms with E-state index in [2.05, 4.69) is 4.98 Å². The monoisotopic (exact) mass is 250 g/mol. The molecule has 0 atom stereocenters. The van der Waals surface area contributed by atoms with E-state index in [0.717, 1.165) is 0 Å². The number of halogens is 1. The number of hydrogen-bond donors (Lipinski definition) is 1. The number of aromatic nitrogens is 1. The molecule has 2 aromatic rings. The maximum Gasteiger partial charge on any atom is 0.154 e. The summed E-state index contributed by atoms with van der Waals surface area (Å²) in [5, 5.41) is 0.504. The fraction of sp³-hybridized carbons (Fsp3) is 0.0833. The molecule has 2 N–H and O–H groups in total. The first-order valence-corrected chi connectivity index (χ1v) is 5.29. The average Bonchev–Trinajstić information content (AvgIpc) is 2.32. The van der Waals surface area contributed by atoms with E-state index in [0.29, 0.717) is 28.0 Å². The van der Waals surface area contributed by atoms with Gasteiger partial charge in [0.2, 0.25) is 0 Å². The first-order chi connectivity index (χ1) is 8.20. The predicted octanol–water partition coefficient (Wildman–Crippen LogP) is 3.12. The number of rotatable bonds is 3. The van der Waals surface area contributed by atoms with Crippen LogP contribution in [-0.2, 0) is 0 Å². The van der Waals surface area contributed by atoms with E-state index in [1.807, 2.05) is 0 Å². The Morgan fingerprint density at radius 2 is 2.00 bits per heavy atom. The van der Waals surface area contributed by atoms with E-state index in [-0.39, 0.29) is 0 Å². The zero-order valence-electron chi connectivity index (χ0n) is 9.18. The Balaban J connectivity index is 2.30. The van der Waals surface area contributed by atoms with Gasteiger partial charge in [0.05, 0.1) is 18.3 Å². The van der Waals surface area contributed by atoms with Gasteiger partial charge in [0.15, 0.2) is 5.75 Å². The number of pyridine rings is 1. The molecule has 0 aliphatic carbocycles. The van der Waals surface area contributed by atoms with Crippen LogP contribution in [0, 0.1) is 0 Å². The number of ether oxygens (including phenoxy) is 2. The summed E-state index contributed by atoms with van der Waals surface area (Å²) in [5.74, 6) is 1.60. The standard InChI is InChI=1S/C12H11ClN2O2/c1-16-10-3-2-4-11(12(10)14)17-9-5-8(13)6-15-7-9/h2-7H,14H2,1H3. The lowest BCUT2D eigenvalue weighted by Crippen LogP contribution is -1.96. The first-order valence-electron chi connectivity index (χ1n) is 4.91. The van der Waals surface area contributed by atoms with Crippen LogP contribution in [0.5, 0.6) is 17.2 Å². The van der Waals surface area contributed by atoms with E-state index in [1.165, 1.54) is 6.20 Å². The highest BCUT2D eigenvalue weighted by molar-refractivity contribution is 6.30. The van der Waals surface area contributed by atoms with Crippen LogP contribution in [0.3, 0.4) is 0 Å². The molecule has 1 heterocycles. The van der Waals surface area contributed by atoms with E-state index in [1.54, 1.807) is 37.6 Å². The molecule has 0 amide bonds. The molecule has 5 heteroatoms. The summed E-state index contributed by atoms with van der Waals surface area (Å²) in [5.41, 5.74) is 6.32. The van der Waals surface area contributed by atoms with Crippen molar-refractivity contribution in [2.45, 2.75) is 0 Å². The van der Waals surface area contributed by atoms with Crippen LogP contribution >= 0.6 is 11.6 Å². The Hall–Kier alpha value is -1.94. The van der Waals surface area contributed by atoms with Gasteiger partial charge in [0.1, 0.15) is 17.2 Å². The minimum absolute atomic E-state index is 0.440. The van der Waals surface area contributed by atoms with Crippen LogP contribution in [0.25, 0.3) is 0 Å². The maximum atomic E-state index is 5.88. The molecule has 17 heavy (non-hydrogen) atoms. The summed E-state index contributed by atoms with van der Waals surface area (Å²) in [6, 6.07) is 6.97. The van der Waals surface area contributed by atoms with Gasteiger partial charge in [-0.05, 0) is 12.1 Å². The predicted molar refractivity (Wildman–Crippen MR) is 66.7 cm³/mol. The van der Waals surface area contributed by atoms with Crippen LogP contribution in [0.1, 0.15) is 0 Å². The molecule has 0 fully saturated rings. The number of nitrogens with two attached hydrogens (primary N) is 1. The molecule has 4 nitrogen and oxygen atoms in total. The second-order valence-corrected chi connectivity index (χ2v) is 3.75. The van der Waals surface area contributed by atoms with Crippen LogP contribution < -0.4 is 15.2 Å². The van der Waals surface area contributed by atoms with Crippen LogP contribution in [0.2, 0.25) is 5.02 Å². The van der Waals surface area contributed by atoms with E-state index >= 15 is 0 Å². The lowest BCUT2D eigenvalue weighted by Gasteiger charge is -2.10. The fourth-order valence-electron chi connectivity index (χ4n) is 1.37. The van der Waals surface area contributed by atoms with Crippen LogP contribution in [0.4, 0.5) is 5.69 Å². The summed E-state index contributed by atoms with van der Waals surface area (Å²) in [6.45, 7) is 0. The number of nitrogens with zero attached hydrogens (tertiary/aromatic N) is 1. The van der Waals surface area contributed by atoms with Crippen LogP contribution in [0.15, 0.2) is 36.7 Å². The molecule has 2 rings (SSSR count). The zero-order valence-corrected chi connectivity index (χ0v) is 9.94. The topological polar surface area (TPSA) is 57.4 Å². The minimum Gasteiger partial charge on any atom is -0.494 e. The van der Waals surface area contributed by atoms with Crippen molar-refractivity contribution in [2.75, 3.05) is 12.8 Å². The van der Waals surface area contributed by atoms with Gasteiger partial charge in [0, 0.05) is 12.3 Å². The number of para-hydroxylation sites is 1. The van der Waals surface area contributed by atoms with Crippen molar-refractivity contribution in [3.8, 4) is 17.2 Å². The second-order valence-electron chi connectivity index (χ2n) is 3.31.